The Balaban J connectivity index is 0.00000121. The zero-order valence-electron chi connectivity index (χ0n) is 25.2. The molecule has 2 aromatic carbocycles. The third-order valence-corrected chi connectivity index (χ3v) is 5.82. The number of benzene rings is 2. The van der Waals surface area contributed by atoms with Gasteiger partial charge in [-0.1, -0.05) is 59.2 Å². The van der Waals surface area contributed by atoms with Gasteiger partial charge in [-0.05, 0) is 47.4 Å². The first-order valence-corrected chi connectivity index (χ1v) is 13.6. The molecule has 228 valence electrons. The smallest absolute Gasteiger partial charge is 0.418 e. The van der Waals surface area contributed by atoms with Crippen LogP contribution in [0.4, 0.5) is 24.7 Å². The Kier molecular flexibility index (Phi) is 12.6. The summed E-state index contributed by atoms with van der Waals surface area (Å²) >= 11 is 0. The number of pyridine rings is 1. The predicted octanol–water partition coefficient (Wildman–Crippen LogP) is 8.11. The Morgan fingerprint density at radius 2 is 1.63 bits per heavy atom. The molecule has 2 heterocycles. The molecule has 1 N–H and O–H groups in total. The van der Waals surface area contributed by atoms with Crippen LogP contribution in [0.25, 0.3) is 22.2 Å². The highest BCUT2D eigenvalue weighted by molar-refractivity contribution is 5.93. The lowest BCUT2D eigenvalue weighted by Crippen LogP contribution is -2.12. The highest BCUT2D eigenvalue weighted by Gasteiger charge is 2.34. The first-order valence-electron chi connectivity index (χ1n) is 13.6. The number of fused-ring (bicyclic) bond motifs is 1. The van der Waals surface area contributed by atoms with E-state index in [4.69, 9.17) is 4.74 Å². The number of methoxy groups -OCH3 is 1. The average Bonchev–Trinajstić information content (AvgIpc) is 2.97. The van der Waals surface area contributed by atoms with Gasteiger partial charge in [0.05, 0.1) is 23.9 Å². The van der Waals surface area contributed by atoms with Crippen LogP contribution in [0.15, 0.2) is 60.8 Å². The van der Waals surface area contributed by atoms with E-state index in [2.05, 4.69) is 72.5 Å². The summed E-state index contributed by atoms with van der Waals surface area (Å²) in [6.07, 6.45) is 6.00. The van der Waals surface area contributed by atoms with Crippen LogP contribution in [0.5, 0.6) is 0 Å². The molecule has 0 aliphatic heterocycles. The highest BCUT2D eigenvalue weighted by atomic mass is 19.4. The average molecular weight is 595 g/mol. The van der Waals surface area contributed by atoms with Crippen LogP contribution in [0.2, 0.25) is 0 Å². The Hall–Kier alpha value is -4.49. The molecular formula is C33H37F3N4O3. The van der Waals surface area contributed by atoms with Crippen molar-refractivity contribution in [2.75, 3.05) is 19.0 Å². The molecule has 2 aromatic heterocycles. The normalized spacial score (nSPS) is 11.0. The number of nitrogens with one attached hydrogen (secondary N) is 1. The minimum atomic E-state index is -4.57. The summed E-state index contributed by atoms with van der Waals surface area (Å²) in [7, 11) is 1.25. The second-order valence-corrected chi connectivity index (χ2v) is 10.3. The molecule has 0 bridgehead atoms. The quantitative estimate of drug-likeness (QED) is 0.171. The van der Waals surface area contributed by atoms with Crippen molar-refractivity contribution in [2.45, 2.75) is 59.2 Å². The van der Waals surface area contributed by atoms with E-state index in [1.165, 1.54) is 31.9 Å². The lowest BCUT2D eigenvalue weighted by molar-refractivity contribution is -0.146. The summed E-state index contributed by atoms with van der Waals surface area (Å²) in [5, 5.41) is 3.87. The molecule has 4 rings (SSSR count). The maximum Gasteiger partial charge on any atom is 0.418 e. The Morgan fingerprint density at radius 3 is 2.21 bits per heavy atom. The van der Waals surface area contributed by atoms with Crippen LogP contribution < -0.4 is 5.32 Å². The summed E-state index contributed by atoms with van der Waals surface area (Å²) < 4.78 is 50.8. The van der Waals surface area contributed by atoms with Crippen molar-refractivity contribution in [2.24, 2.45) is 0 Å². The molecular weight excluding hydrogens is 557 g/mol. The molecule has 0 radical (unpaired) electrons. The van der Waals surface area contributed by atoms with Gasteiger partial charge in [-0.15, -0.1) is 12.8 Å². The third kappa shape index (κ3) is 9.79. The lowest BCUT2D eigenvalue weighted by Gasteiger charge is -2.19. The number of hydrogen-bond acceptors (Lipinski definition) is 7. The number of carbonyl (C=O) groups is 1. The van der Waals surface area contributed by atoms with E-state index in [-0.39, 0.29) is 35.7 Å². The molecule has 43 heavy (non-hydrogen) atoms. The van der Waals surface area contributed by atoms with E-state index in [0.29, 0.717) is 16.7 Å². The van der Waals surface area contributed by atoms with Crippen LogP contribution in [0, 0.1) is 12.8 Å². The van der Waals surface area contributed by atoms with E-state index >= 15 is 0 Å². The maximum absolute atomic E-state index is 13.6. The number of hydrogen-bond donors (Lipinski definition) is 1. The van der Waals surface area contributed by atoms with Crippen molar-refractivity contribution in [1.82, 2.24) is 15.0 Å². The number of esters is 1. The van der Waals surface area contributed by atoms with Gasteiger partial charge in [-0.3, -0.25) is 4.98 Å². The van der Waals surface area contributed by atoms with E-state index in [9.17, 15) is 18.0 Å². The SMILES string of the molecule is C#C.CCC.COC(=O)COCc1nc(Nc2ccc(C(C)(C)C)cc2)c2ccc(-c3ncccc3C(F)(F)F)cc2n1. The van der Waals surface area contributed by atoms with Crippen molar-refractivity contribution >= 4 is 28.4 Å². The highest BCUT2D eigenvalue weighted by Crippen LogP contribution is 2.37. The topological polar surface area (TPSA) is 86.2 Å². The number of ether oxygens (including phenoxy) is 2. The minimum absolute atomic E-state index is 0.0125. The van der Waals surface area contributed by atoms with Crippen molar-refractivity contribution in [3.05, 3.63) is 77.7 Å². The van der Waals surface area contributed by atoms with Crippen LogP contribution in [0.1, 0.15) is 58.0 Å². The standard InChI is InChI=1S/C28H27F3N4O3.C3H8.C2H2/c1-27(2,3)18-8-10-19(11-9-18)33-26-20-12-7-17(25-21(28(29,30)31)6-5-13-32-25)14-22(20)34-23(35-26)15-38-16-24(36)37-4;1-3-2;1-2/h5-14H,15-16H2,1-4H3,(H,33,34,35);3H2,1-2H3;1-2H. The summed E-state index contributed by atoms with van der Waals surface area (Å²) in [6, 6.07) is 14.9. The number of aromatic nitrogens is 3. The molecule has 0 aliphatic rings. The van der Waals surface area contributed by atoms with E-state index in [1.807, 2.05) is 24.3 Å². The second kappa shape index (κ2) is 15.7. The van der Waals surface area contributed by atoms with Crippen molar-refractivity contribution in [3.8, 4) is 24.1 Å². The number of halogens is 3. The van der Waals surface area contributed by atoms with Gasteiger partial charge >= 0.3 is 12.1 Å². The van der Waals surface area contributed by atoms with E-state index in [1.54, 1.807) is 12.1 Å². The minimum Gasteiger partial charge on any atom is -0.467 e. The van der Waals surface area contributed by atoms with Gasteiger partial charge in [0.2, 0.25) is 0 Å². The molecule has 4 aromatic rings. The molecule has 0 aliphatic carbocycles. The van der Waals surface area contributed by atoms with E-state index in [0.717, 1.165) is 17.3 Å². The third-order valence-electron chi connectivity index (χ3n) is 5.82. The molecule has 0 amide bonds. The van der Waals surface area contributed by atoms with Crippen molar-refractivity contribution in [3.63, 3.8) is 0 Å². The summed E-state index contributed by atoms with van der Waals surface area (Å²) in [5.74, 6) is 0.128. The molecule has 7 nitrogen and oxygen atoms in total. The number of terminal acetylenes is 1. The zero-order chi connectivity index (χ0) is 32.2. The summed E-state index contributed by atoms with van der Waals surface area (Å²) in [4.78, 5) is 24.5. The Labute approximate surface area is 250 Å². The van der Waals surface area contributed by atoms with Crippen LogP contribution >= 0.6 is 0 Å². The van der Waals surface area contributed by atoms with Gasteiger partial charge in [0.25, 0.3) is 0 Å². The number of carbonyl (C=O) groups excluding carboxylic acids is 1. The Bertz CT molecular complexity index is 1510. The van der Waals surface area contributed by atoms with Crippen LogP contribution in [-0.2, 0) is 32.5 Å². The Morgan fingerprint density at radius 1 is 0.977 bits per heavy atom. The molecule has 0 saturated heterocycles. The van der Waals surface area contributed by atoms with Gasteiger partial charge in [-0.2, -0.15) is 13.2 Å². The molecule has 10 heteroatoms. The first kappa shape index (κ1) is 34.7. The van der Waals surface area contributed by atoms with Crippen LogP contribution in [0.3, 0.4) is 0 Å². The first-order chi connectivity index (χ1) is 20.4. The summed E-state index contributed by atoms with van der Waals surface area (Å²) in [6.45, 7) is 10.2. The van der Waals surface area contributed by atoms with Gasteiger partial charge < -0.3 is 14.8 Å². The van der Waals surface area contributed by atoms with Crippen molar-refractivity contribution < 1.29 is 27.4 Å². The molecule has 0 atom stereocenters. The fourth-order valence-corrected chi connectivity index (χ4v) is 3.82. The summed E-state index contributed by atoms with van der Waals surface area (Å²) in [5.41, 5.74) is 1.53. The van der Waals surface area contributed by atoms with Crippen LogP contribution in [-0.4, -0.2) is 34.6 Å². The second-order valence-electron chi connectivity index (χ2n) is 10.3. The van der Waals surface area contributed by atoms with Crippen molar-refractivity contribution in [1.29, 1.82) is 0 Å². The zero-order valence-corrected chi connectivity index (χ0v) is 25.2. The monoisotopic (exact) mass is 594 g/mol. The number of rotatable bonds is 7. The molecule has 0 spiro atoms. The van der Waals surface area contributed by atoms with E-state index < -0.39 is 17.7 Å². The van der Waals surface area contributed by atoms with Gasteiger partial charge in [0.1, 0.15) is 19.0 Å². The number of nitrogens with zero attached hydrogens (tertiary/aromatic N) is 3. The molecule has 0 fully saturated rings. The number of anilines is 2. The predicted molar refractivity (Wildman–Crippen MR) is 164 cm³/mol. The van der Waals surface area contributed by atoms with Gasteiger partial charge in [-0.25, -0.2) is 14.8 Å². The molecule has 0 saturated carbocycles. The maximum atomic E-state index is 13.6. The van der Waals surface area contributed by atoms with Gasteiger partial charge in [0, 0.05) is 22.8 Å². The lowest BCUT2D eigenvalue weighted by atomic mass is 9.87. The number of alkyl halides is 3. The fraction of sp³-hybridized carbons (Fsp3) is 0.333. The van der Waals surface area contributed by atoms with Gasteiger partial charge in [0.15, 0.2) is 5.82 Å². The molecule has 0 unspecified atom stereocenters. The largest absolute Gasteiger partial charge is 0.467 e. The fourth-order valence-electron chi connectivity index (χ4n) is 3.82.